The number of rotatable bonds is 4. The SMILES string of the molecule is O=C(NCC1CCCO1)c1ccccc1-n1cccc1. The summed E-state index contributed by atoms with van der Waals surface area (Å²) in [6.45, 7) is 1.39. The Kier molecular flexibility index (Phi) is 3.83. The van der Waals surface area contributed by atoms with Gasteiger partial charge in [-0.15, -0.1) is 0 Å². The summed E-state index contributed by atoms with van der Waals surface area (Å²) >= 11 is 0. The van der Waals surface area contributed by atoms with E-state index in [4.69, 9.17) is 4.74 Å². The lowest BCUT2D eigenvalue weighted by molar-refractivity contribution is 0.0858. The molecule has 2 heterocycles. The van der Waals surface area contributed by atoms with Crippen LogP contribution < -0.4 is 5.32 Å². The molecular formula is C16H18N2O2. The molecule has 104 valence electrons. The number of ether oxygens (including phenoxy) is 1. The predicted molar refractivity (Wildman–Crippen MR) is 77.1 cm³/mol. The second-order valence-corrected chi connectivity index (χ2v) is 4.95. The largest absolute Gasteiger partial charge is 0.376 e. The number of nitrogens with one attached hydrogen (secondary N) is 1. The Hall–Kier alpha value is -2.07. The summed E-state index contributed by atoms with van der Waals surface area (Å²) in [5, 5.41) is 2.97. The minimum absolute atomic E-state index is 0.0511. The molecule has 0 spiro atoms. The van der Waals surface area contributed by atoms with Gasteiger partial charge in [0.25, 0.3) is 5.91 Å². The van der Waals surface area contributed by atoms with Crippen LogP contribution in [0, 0.1) is 0 Å². The van der Waals surface area contributed by atoms with Crippen molar-refractivity contribution >= 4 is 5.91 Å². The lowest BCUT2D eigenvalue weighted by Crippen LogP contribution is -2.32. The Morgan fingerprint density at radius 2 is 2.05 bits per heavy atom. The van der Waals surface area contributed by atoms with E-state index in [0.29, 0.717) is 12.1 Å². The zero-order valence-corrected chi connectivity index (χ0v) is 11.3. The average molecular weight is 270 g/mol. The number of carbonyl (C=O) groups excluding carboxylic acids is 1. The summed E-state index contributed by atoms with van der Waals surface area (Å²) in [6, 6.07) is 11.5. The summed E-state index contributed by atoms with van der Waals surface area (Å²) in [6.07, 6.45) is 6.15. The molecule has 1 aliphatic rings. The summed E-state index contributed by atoms with van der Waals surface area (Å²) in [7, 11) is 0. The lowest BCUT2D eigenvalue weighted by atomic mass is 10.1. The van der Waals surface area contributed by atoms with Gasteiger partial charge in [-0.05, 0) is 37.1 Å². The second kappa shape index (κ2) is 5.92. The van der Waals surface area contributed by atoms with Crippen molar-refractivity contribution in [2.45, 2.75) is 18.9 Å². The standard InChI is InChI=1S/C16H18N2O2/c19-16(17-12-13-6-5-11-20-13)14-7-1-2-8-15(14)18-9-3-4-10-18/h1-4,7-10,13H,5-6,11-12H2,(H,17,19). The molecule has 4 nitrogen and oxygen atoms in total. The van der Waals surface area contributed by atoms with E-state index in [9.17, 15) is 4.79 Å². The summed E-state index contributed by atoms with van der Waals surface area (Å²) < 4.78 is 7.47. The number of para-hydroxylation sites is 1. The molecule has 2 aromatic rings. The first-order valence-electron chi connectivity index (χ1n) is 6.97. The minimum Gasteiger partial charge on any atom is -0.376 e. The van der Waals surface area contributed by atoms with Crippen LogP contribution in [0.1, 0.15) is 23.2 Å². The van der Waals surface area contributed by atoms with Gasteiger partial charge in [0, 0.05) is 25.5 Å². The molecule has 1 aromatic heterocycles. The molecule has 0 bridgehead atoms. The molecule has 1 amide bonds. The first-order chi connectivity index (χ1) is 9.84. The smallest absolute Gasteiger partial charge is 0.253 e. The van der Waals surface area contributed by atoms with Crippen LogP contribution in [0.2, 0.25) is 0 Å². The maximum Gasteiger partial charge on any atom is 0.253 e. The van der Waals surface area contributed by atoms with Crippen LogP contribution in [0.3, 0.4) is 0 Å². The summed E-state index contributed by atoms with van der Waals surface area (Å²) in [5.74, 6) is -0.0511. The molecule has 1 aliphatic heterocycles. The van der Waals surface area contributed by atoms with E-state index in [-0.39, 0.29) is 12.0 Å². The van der Waals surface area contributed by atoms with Gasteiger partial charge in [-0.1, -0.05) is 12.1 Å². The third-order valence-corrected chi connectivity index (χ3v) is 3.55. The average Bonchev–Trinajstić information content (AvgIpc) is 3.18. The van der Waals surface area contributed by atoms with Crippen molar-refractivity contribution in [1.29, 1.82) is 0 Å². The Balaban J connectivity index is 1.74. The number of carbonyl (C=O) groups is 1. The molecule has 20 heavy (non-hydrogen) atoms. The van der Waals surface area contributed by atoms with E-state index in [1.165, 1.54) is 0 Å². The maximum absolute atomic E-state index is 12.3. The van der Waals surface area contributed by atoms with E-state index in [1.807, 2.05) is 53.4 Å². The van der Waals surface area contributed by atoms with Crippen molar-refractivity contribution in [2.75, 3.05) is 13.2 Å². The van der Waals surface area contributed by atoms with E-state index >= 15 is 0 Å². The lowest BCUT2D eigenvalue weighted by Gasteiger charge is -2.13. The molecule has 1 unspecified atom stereocenters. The van der Waals surface area contributed by atoms with Crippen LogP contribution in [0.5, 0.6) is 0 Å². The maximum atomic E-state index is 12.3. The molecule has 1 N–H and O–H groups in total. The molecule has 4 heteroatoms. The Morgan fingerprint density at radius 1 is 1.25 bits per heavy atom. The van der Waals surface area contributed by atoms with Crippen molar-refractivity contribution in [2.24, 2.45) is 0 Å². The van der Waals surface area contributed by atoms with Gasteiger partial charge in [0.1, 0.15) is 0 Å². The molecular weight excluding hydrogens is 252 g/mol. The van der Waals surface area contributed by atoms with Gasteiger partial charge in [0.2, 0.25) is 0 Å². The van der Waals surface area contributed by atoms with Crippen LogP contribution in [0.15, 0.2) is 48.8 Å². The molecule has 0 saturated carbocycles. The van der Waals surface area contributed by atoms with Crippen LogP contribution in [0.4, 0.5) is 0 Å². The topological polar surface area (TPSA) is 43.3 Å². The van der Waals surface area contributed by atoms with E-state index < -0.39 is 0 Å². The summed E-state index contributed by atoms with van der Waals surface area (Å²) in [4.78, 5) is 12.3. The van der Waals surface area contributed by atoms with Crippen LogP contribution in [-0.4, -0.2) is 29.7 Å². The zero-order chi connectivity index (χ0) is 13.8. The predicted octanol–water partition coefficient (Wildman–Crippen LogP) is 2.39. The second-order valence-electron chi connectivity index (χ2n) is 4.95. The van der Waals surface area contributed by atoms with E-state index in [1.54, 1.807) is 0 Å². The highest BCUT2D eigenvalue weighted by molar-refractivity contribution is 5.97. The third kappa shape index (κ3) is 2.75. The van der Waals surface area contributed by atoms with Crippen LogP contribution in [-0.2, 0) is 4.74 Å². The van der Waals surface area contributed by atoms with Gasteiger partial charge in [0.05, 0.1) is 17.4 Å². The highest BCUT2D eigenvalue weighted by Gasteiger charge is 2.18. The fourth-order valence-corrected chi connectivity index (χ4v) is 2.49. The van der Waals surface area contributed by atoms with Crippen molar-refractivity contribution in [3.8, 4) is 5.69 Å². The molecule has 1 atom stereocenters. The van der Waals surface area contributed by atoms with E-state index in [0.717, 1.165) is 25.1 Å². The van der Waals surface area contributed by atoms with Gasteiger partial charge in [-0.2, -0.15) is 0 Å². The molecule has 0 aliphatic carbocycles. The molecule has 1 fully saturated rings. The number of benzene rings is 1. The van der Waals surface area contributed by atoms with Crippen LogP contribution >= 0.6 is 0 Å². The Labute approximate surface area is 118 Å². The third-order valence-electron chi connectivity index (χ3n) is 3.55. The molecule has 1 aromatic carbocycles. The van der Waals surface area contributed by atoms with Crippen molar-refractivity contribution in [3.05, 3.63) is 54.4 Å². The monoisotopic (exact) mass is 270 g/mol. The number of hydrogen-bond acceptors (Lipinski definition) is 2. The number of nitrogens with zero attached hydrogens (tertiary/aromatic N) is 1. The fraction of sp³-hybridized carbons (Fsp3) is 0.312. The Morgan fingerprint density at radius 3 is 2.80 bits per heavy atom. The molecule has 1 saturated heterocycles. The van der Waals surface area contributed by atoms with Crippen LogP contribution in [0.25, 0.3) is 5.69 Å². The molecule has 3 rings (SSSR count). The highest BCUT2D eigenvalue weighted by atomic mass is 16.5. The van der Waals surface area contributed by atoms with Gasteiger partial charge in [-0.3, -0.25) is 4.79 Å². The first kappa shape index (κ1) is 12.9. The van der Waals surface area contributed by atoms with Crippen molar-refractivity contribution in [1.82, 2.24) is 9.88 Å². The highest BCUT2D eigenvalue weighted by Crippen LogP contribution is 2.15. The fourth-order valence-electron chi connectivity index (χ4n) is 2.49. The minimum atomic E-state index is -0.0511. The van der Waals surface area contributed by atoms with Gasteiger partial charge in [-0.25, -0.2) is 0 Å². The van der Waals surface area contributed by atoms with E-state index in [2.05, 4.69) is 5.32 Å². The van der Waals surface area contributed by atoms with Gasteiger partial charge >= 0.3 is 0 Å². The van der Waals surface area contributed by atoms with Gasteiger partial charge in [0.15, 0.2) is 0 Å². The normalized spacial score (nSPS) is 18.1. The quantitative estimate of drug-likeness (QED) is 0.927. The molecule has 0 radical (unpaired) electrons. The number of hydrogen-bond donors (Lipinski definition) is 1. The van der Waals surface area contributed by atoms with Gasteiger partial charge < -0.3 is 14.6 Å². The Bertz CT molecular complexity index is 572. The number of amides is 1. The number of aromatic nitrogens is 1. The summed E-state index contributed by atoms with van der Waals surface area (Å²) in [5.41, 5.74) is 1.57. The first-order valence-corrected chi connectivity index (χ1v) is 6.97. The van der Waals surface area contributed by atoms with Crippen molar-refractivity contribution < 1.29 is 9.53 Å². The van der Waals surface area contributed by atoms with Crippen molar-refractivity contribution in [3.63, 3.8) is 0 Å². The zero-order valence-electron chi connectivity index (χ0n) is 11.3.